The van der Waals surface area contributed by atoms with Crippen LogP contribution in [0.3, 0.4) is 0 Å². The van der Waals surface area contributed by atoms with Crippen LogP contribution in [0.1, 0.15) is 13.8 Å². The first-order chi connectivity index (χ1) is 3.27. The smallest absolute Gasteiger partial charge is 0.228 e. The van der Waals surface area contributed by atoms with Gasteiger partial charge in [-0.15, -0.1) is 0 Å². The number of amides is 1. The molecule has 0 saturated heterocycles. The molecule has 0 aromatic carbocycles. The van der Waals surface area contributed by atoms with Crippen molar-refractivity contribution in [3.05, 3.63) is 0 Å². The van der Waals surface area contributed by atoms with Crippen molar-refractivity contribution >= 4 is 6.41 Å². The van der Waals surface area contributed by atoms with Crippen molar-refractivity contribution in [3.8, 4) is 0 Å². The fourth-order valence-electron chi connectivity index (χ4n) is 0.254. The number of hydrogen-bond donors (Lipinski definition) is 0. The molecule has 2 heteroatoms. The molecule has 1 radical (unpaired) electrons. The van der Waals surface area contributed by atoms with Gasteiger partial charge in [-0.1, -0.05) is 13.8 Å². The highest BCUT2D eigenvalue weighted by Gasteiger charge is 1.88. The van der Waals surface area contributed by atoms with Gasteiger partial charge in [-0.25, -0.2) is 0 Å². The van der Waals surface area contributed by atoms with Crippen molar-refractivity contribution in [2.45, 2.75) is 13.8 Å². The van der Waals surface area contributed by atoms with E-state index in [9.17, 15) is 4.79 Å². The Balaban J connectivity index is 2.81. The highest BCUT2D eigenvalue weighted by Crippen LogP contribution is 1.85. The van der Waals surface area contributed by atoms with E-state index in [-0.39, 0.29) is 0 Å². The van der Waals surface area contributed by atoms with Crippen LogP contribution in [0.5, 0.6) is 0 Å². The van der Waals surface area contributed by atoms with E-state index >= 15 is 0 Å². The zero-order valence-corrected chi connectivity index (χ0v) is 4.72. The second-order valence-electron chi connectivity index (χ2n) is 1.86. The molecule has 0 atom stereocenters. The lowest BCUT2D eigenvalue weighted by molar-refractivity contribution is -0.109. The van der Waals surface area contributed by atoms with Crippen LogP contribution in [0.25, 0.3) is 0 Å². The quantitative estimate of drug-likeness (QED) is 0.472. The zero-order valence-electron chi connectivity index (χ0n) is 4.72. The molecule has 0 bridgehead atoms. The third-order valence-corrected chi connectivity index (χ3v) is 0.545. The summed E-state index contributed by atoms with van der Waals surface area (Å²) in [5.74, 6) is 0.505. The van der Waals surface area contributed by atoms with Gasteiger partial charge in [0, 0.05) is 6.54 Å². The van der Waals surface area contributed by atoms with Crippen molar-refractivity contribution in [2.24, 2.45) is 5.92 Å². The molecule has 2 nitrogen and oxygen atoms in total. The molecule has 7 heavy (non-hydrogen) atoms. The van der Waals surface area contributed by atoms with Crippen molar-refractivity contribution < 1.29 is 4.79 Å². The maximum absolute atomic E-state index is 9.54. The van der Waals surface area contributed by atoms with E-state index in [2.05, 4.69) is 5.32 Å². The Morgan fingerprint density at radius 3 is 2.43 bits per heavy atom. The number of hydrogen-bond acceptors (Lipinski definition) is 1. The molecule has 0 rings (SSSR count). The van der Waals surface area contributed by atoms with Crippen molar-refractivity contribution in [1.29, 1.82) is 0 Å². The Morgan fingerprint density at radius 1 is 1.71 bits per heavy atom. The van der Waals surface area contributed by atoms with Gasteiger partial charge in [0.1, 0.15) is 0 Å². The van der Waals surface area contributed by atoms with Crippen molar-refractivity contribution in [3.63, 3.8) is 0 Å². The van der Waals surface area contributed by atoms with Crippen molar-refractivity contribution in [2.75, 3.05) is 6.54 Å². The van der Waals surface area contributed by atoms with Gasteiger partial charge in [-0.2, -0.15) is 0 Å². The van der Waals surface area contributed by atoms with Gasteiger partial charge in [0.25, 0.3) is 0 Å². The topological polar surface area (TPSA) is 31.2 Å². The number of carbonyl (C=O) groups is 1. The summed E-state index contributed by atoms with van der Waals surface area (Å²) in [5.41, 5.74) is 0. The summed E-state index contributed by atoms with van der Waals surface area (Å²) >= 11 is 0. The summed E-state index contributed by atoms with van der Waals surface area (Å²) in [6, 6.07) is 0. The average molecular weight is 100 g/mol. The summed E-state index contributed by atoms with van der Waals surface area (Å²) in [6.45, 7) is 4.70. The maximum Gasteiger partial charge on any atom is 0.228 e. The first-order valence-electron chi connectivity index (χ1n) is 2.37. The van der Waals surface area contributed by atoms with Crippen LogP contribution < -0.4 is 5.32 Å². The summed E-state index contributed by atoms with van der Waals surface area (Å²) in [6.07, 6.45) is 0.597. The Hall–Kier alpha value is -0.530. The first-order valence-corrected chi connectivity index (χ1v) is 2.37. The van der Waals surface area contributed by atoms with Crippen LogP contribution in [0.2, 0.25) is 0 Å². The molecule has 0 N–H and O–H groups in total. The van der Waals surface area contributed by atoms with Gasteiger partial charge in [0.05, 0.1) is 0 Å². The van der Waals surface area contributed by atoms with E-state index < -0.39 is 0 Å². The Labute approximate surface area is 43.9 Å². The number of rotatable bonds is 3. The SMILES string of the molecule is CC(C)C[N]C=O. The molecule has 0 fully saturated rings. The maximum atomic E-state index is 9.54. The highest BCUT2D eigenvalue weighted by atomic mass is 16.1. The normalized spacial score (nSPS) is 9.00. The fourth-order valence-corrected chi connectivity index (χ4v) is 0.254. The second-order valence-corrected chi connectivity index (χ2v) is 1.86. The Morgan fingerprint density at radius 2 is 2.29 bits per heavy atom. The molecule has 0 spiro atoms. The molecule has 0 heterocycles. The molecule has 0 aliphatic heterocycles. The minimum atomic E-state index is 0.505. The lowest BCUT2D eigenvalue weighted by atomic mass is 10.2. The van der Waals surface area contributed by atoms with Gasteiger partial charge >= 0.3 is 0 Å². The van der Waals surface area contributed by atoms with Gasteiger partial charge in [-0.3, -0.25) is 10.1 Å². The fraction of sp³-hybridized carbons (Fsp3) is 0.800. The Bertz CT molecular complexity index is 52.0. The summed E-state index contributed by atoms with van der Waals surface area (Å²) in [4.78, 5) is 9.54. The average Bonchev–Trinajstić information content (AvgIpc) is 1.61. The summed E-state index contributed by atoms with van der Waals surface area (Å²) < 4.78 is 0. The summed E-state index contributed by atoms with van der Waals surface area (Å²) in [5, 5.41) is 3.49. The zero-order chi connectivity index (χ0) is 5.70. The van der Waals surface area contributed by atoms with Crippen LogP contribution in [0.4, 0.5) is 0 Å². The van der Waals surface area contributed by atoms with Crippen LogP contribution in [0.15, 0.2) is 0 Å². The minimum absolute atomic E-state index is 0.505. The Kier molecular flexibility index (Phi) is 3.38. The number of nitrogens with zero attached hydrogens (tertiary/aromatic N) is 1. The lowest BCUT2D eigenvalue weighted by Gasteiger charge is -1.95. The molecule has 0 aromatic rings. The van der Waals surface area contributed by atoms with Crippen molar-refractivity contribution in [1.82, 2.24) is 5.32 Å². The molecule has 0 saturated carbocycles. The largest absolute Gasteiger partial charge is 0.277 e. The van der Waals surface area contributed by atoms with E-state index in [1.54, 1.807) is 0 Å². The first kappa shape index (κ1) is 6.47. The van der Waals surface area contributed by atoms with Crippen LogP contribution in [0, 0.1) is 5.92 Å². The predicted octanol–water partition coefficient (Wildman–Crippen LogP) is 0.403. The van der Waals surface area contributed by atoms with E-state index in [0.29, 0.717) is 18.9 Å². The summed E-state index contributed by atoms with van der Waals surface area (Å²) in [7, 11) is 0. The molecular formula is C5H10NO. The van der Waals surface area contributed by atoms with Crippen LogP contribution in [-0.2, 0) is 4.79 Å². The molecular weight excluding hydrogens is 90.1 g/mol. The van der Waals surface area contributed by atoms with E-state index in [0.717, 1.165) is 0 Å². The third kappa shape index (κ3) is 5.47. The lowest BCUT2D eigenvalue weighted by Crippen LogP contribution is -2.09. The third-order valence-electron chi connectivity index (χ3n) is 0.545. The molecule has 0 aromatic heterocycles. The van der Waals surface area contributed by atoms with Gasteiger partial charge in [-0.05, 0) is 5.92 Å². The van der Waals surface area contributed by atoms with Gasteiger partial charge < -0.3 is 0 Å². The van der Waals surface area contributed by atoms with Gasteiger partial charge in [0.2, 0.25) is 6.41 Å². The monoisotopic (exact) mass is 100 g/mol. The minimum Gasteiger partial charge on any atom is -0.277 e. The standard InChI is InChI=1S/C5H10NO/c1-5(2)3-6-4-7/h4-5H,3H2,1-2H3. The van der Waals surface area contributed by atoms with Gasteiger partial charge in [0.15, 0.2) is 0 Å². The highest BCUT2D eigenvalue weighted by molar-refractivity contribution is 5.45. The molecule has 0 aliphatic carbocycles. The van der Waals surface area contributed by atoms with E-state index in [4.69, 9.17) is 0 Å². The molecule has 41 valence electrons. The molecule has 0 unspecified atom stereocenters. The second kappa shape index (κ2) is 3.65. The van der Waals surface area contributed by atoms with E-state index in [1.165, 1.54) is 0 Å². The predicted molar refractivity (Wildman–Crippen MR) is 27.9 cm³/mol. The van der Waals surface area contributed by atoms with Crippen LogP contribution in [-0.4, -0.2) is 13.0 Å². The van der Waals surface area contributed by atoms with Crippen LogP contribution >= 0.6 is 0 Å². The number of carbonyl (C=O) groups excluding carboxylic acids is 1. The molecule has 0 aliphatic rings. The van der Waals surface area contributed by atoms with E-state index in [1.807, 2.05) is 13.8 Å². The molecule has 1 amide bonds.